The molecule has 1 saturated carbocycles. The van der Waals surface area contributed by atoms with Gasteiger partial charge in [0.1, 0.15) is 0 Å². The fourth-order valence-electron chi connectivity index (χ4n) is 2.26. The first-order valence-corrected chi connectivity index (χ1v) is 6.24. The van der Waals surface area contributed by atoms with Gasteiger partial charge in [-0.1, -0.05) is 6.42 Å². The molecule has 0 aromatic heterocycles. The van der Waals surface area contributed by atoms with Gasteiger partial charge in [-0.05, 0) is 44.3 Å². The monoisotopic (exact) mass is 185 g/mol. The lowest BCUT2D eigenvalue weighted by Crippen LogP contribution is -2.48. The lowest BCUT2D eigenvalue weighted by atomic mass is 9.74. The predicted molar refractivity (Wildman–Crippen MR) is 55.5 cm³/mol. The van der Waals surface area contributed by atoms with Gasteiger partial charge in [-0.15, -0.1) is 0 Å². The average molecular weight is 185 g/mol. The van der Waals surface area contributed by atoms with E-state index in [-0.39, 0.29) is 5.54 Å². The third kappa shape index (κ3) is 1.97. The van der Waals surface area contributed by atoms with Gasteiger partial charge in [-0.25, -0.2) is 0 Å². The zero-order chi connectivity index (χ0) is 8.44. The molecule has 2 rings (SSSR count). The first-order valence-electron chi connectivity index (χ1n) is 5.19. The molecule has 0 spiro atoms. The van der Waals surface area contributed by atoms with Crippen molar-refractivity contribution in [3.05, 3.63) is 0 Å². The zero-order valence-corrected chi connectivity index (χ0v) is 8.54. The summed E-state index contributed by atoms with van der Waals surface area (Å²) in [5, 5.41) is 0.893. The molecule has 12 heavy (non-hydrogen) atoms. The lowest BCUT2D eigenvalue weighted by molar-refractivity contribution is 0.227. The van der Waals surface area contributed by atoms with E-state index in [0.717, 1.165) is 5.25 Å². The van der Waals surface area contributed by atoms with Crippen LogP contribution < -0.4 is 5.73 Å². The smallest absolute Gasteiger partial charge is 0.0164 e. The molecule has 1 atom stereocenters. The van der Waals surface area contributed by atoms with Crippen LogP contribution in [0.15, 0.2) is 0 Å². The zero-order valence-electron chi connectivity index (χ0n) is 7.72. The first-order chi connectivity index (χ1) is 5.79. The molecule has 2 N–H and O–H groups in total. The standard InChI is InChI=1S/C10H19NS/c11-10(5-3-6-10)8-9-4-1-2-7-12-9/h9H,1-8,11H2. The van der Waals surface area contributed by atoms with Gasteiger partial charge in [0, 0.05) is 10.8 Å². The summed E-state index contributed by atoms with van der Waals surface area (Å²) in [6.45, 7) is 0. The first kappa shape index (κ1) is 8.89. The third-order valence-electron chi connectivity index (χ3n) is 3.26. The van der Waals surface area contributed by atoms with Gasteiger partial charge in [-0.2, -0.15) is 11.8 Å². The summed E-state index contributed by atoms with van der Waals surface area (Å²) in [4.78, 5) is 0. The summed E-state index contributed by atoms with van der Waals surface area (Å²) in [5.74, 6) is 1.38. The number of hydrogen-bond donors (Lipinski definition) is 1. The number of nitrogens with two attached hydrogens (primary N) is 1. The molecule has 2 fully saturated rings. The Labute approximate surface area is 79.5 Å². The van der Waals surface area contributed by atoms with Gasteiger partial charge in [-0.3, -0.25) is 0 Å². The van der Waals surface area contributed by atoms with Crippen molar-refractivity contribution in [2.45, 2.75) is 55.7 Å². The summed E-state index contributed by atoms with van der Waals surface area (Å²) < 4.78 is 0. The summed E-state index contributed by atoms with van der Waals surface area (Å²) in [5.41, 5.74) is 6.48. The van der Waals surface area contributed by atoms with Crippen molar-refractivity contribution in [3.8, 4) is 0 Å². The molecule has 1 aliphatic heterocycles. The minimum absolute atomic E-state index is 0.259. The summed E-state index contributed by atoms with van der Waals surface area (Å²) >= 11 is 2.16. The highest BCUT2D eigenvalue weighted by Gasteiger charge is 2.35. The molecule has 1 saturated heterocycles. The van der Waals surface area contributed by atoms with Crippen molar-refractivity contribution in [3.63, 3.8) is 0 Å². The molecular formula is C10H19NS. The normalized spacial score (nSPS) is 34.2. The quantitative estimate of drug-likeness (QED) is 0.715. The molecule has 2 aliphatic rings. The van der Waals surface area contributed by atoms with E-state index in [1.807, 2.05) is 0 Å². The summed E-state index contributed by atoms with van der Waals surface area (Å²) in [7, 11) is 0. The van der Waals surface area contributed by atoms with Crippen molar-refractivity contribution < 1.29 is 0 Å². The van der Waals surface area contributed by atoms with Crippen LogP contribution in [0.3, 0.4) is 0 Å². The maximum Gasteiger partial charge on any atom is 0.0164 e. The number of rotatable bonds is 2. The van der Waals surface area contributed by atoms with E-state index in [4.69, 9.17) is 5.73 Å². The van der Waals surface area contributed by atoms with Gasteiger partial charge < -0.3 is 5.73 Å². The van der Waals surface area contributed by atoms with E-state index in [0.29, 0.717) is 0 Å². The van der Waals surface area contributed by atoms with E-state index < -0.39 is 0 Å². The molecule has 0 radical (unpaired) electrons. The van der Waals surface area contributed by atoms with E-state index in [1.165, 1.54) is 50.7 Å². The topological polar surface area (TPSA) is 26.0 Å². The molecular weight excluding hydrogens is 166 g/mol. The fourth-order valence-corrected chi connectivity index (χ4v) is 3.74. The van der Waals surface area contributed by atoms with Crippen LogP contribution in [0.1, 0.15) is 44.9 Å². The second kappa shape index (κ2) is 3.59. The molecule has 1 unspecified atom stereocenters. The second-order valence-electron chi connectivity index (χ2n) is 4.41. The number of hydrogen-bond acceptors (Lipinski definition) is 2. The van der Waals surface area contributed by atoms with Gasteiger partial charge in [0.15, 0.2) is 0 Å². The van der Waals surface area contributed by atoms with Crippen LogP contribution in [0.4, 0.5) is 0 Å². The fraction of sp³-hybridized carbons (Fsp3) is 1.00. The van der Waals surface area contributed by atoms with Crippen molar-refractivity contribution >= 4 is 11.8 Å². The molecule has 1 nitrogen and oxygen atoms in total. The third-order valence-corrected chi connectivity index (χ3v) is 4.66. The second-order valence-corrected chi connectivity index (χ2v) is 5.82. The van der Waals surface area contributed by atoms with Gasteiger partial charge in [0.05, 0.1) is 0 Å². The van der Waals surface area contributed by atoms with Crippen LogP contribution >= 0.6 is 11.8 Å². The molecule has 0 aromatic carbocycles. The van der Waals surface area contributed by atoms with Crippen molar-refractivity contribution in [2.24, 2.45) is 5.73 Å². The molecule has 1 heterocycles. The minimum atomic E-state index is 0.259. The highest BCUT2D eigenvalue weighted by atomic mass is 32.2. The van der Waals surface area contributed by atoms with Crippen LogP contribution in [0, 0.1) is 0 Å². The van der Waals surface area contributed by atoms with Crippen LogP contribution in [0.2, 0.25) is 0 Å². The van der Waals surface area contributed by atoms with E-state index in [2.05, 4.69) is 11.8 Å². The van der Waals surface area contributed by atoms with Crippen LogP contribution in [0.5, 0.6) is 0 Å². The highest BCUT2D eigenvalue weighted by molar-refractivity contribution is 7.99. The molecule has 0 aromatic rings. The van der Waals surface area contributed by atoms with Crippen molar-refractivity contribution in [1.29, 1.82) is 0 Å². The van der Waals surface area contributed by atoms with Crippen molar-refractivity contribution in [2.75, 3.05) is 5.75 Å². The maximum absolute atomic E-state index is 6.22. The summed E-state index contributed by atoms with van der Waals surface area (Å²) in [6, 6.07) is 0. The van der Waals surface area contributed by atoms with E-state index in [9.17, 15) is 0 Å². The summed E-state index contributed by atoms with van der Waals surface area (Å²) in [6.07, 6.45) is 9.51. The van der Waals surface area contributed by atoms with E-state index >= 15 is 0 Å². The van der Waals surface area contributed by atoms with Gasteiger partial charge >= 0.3 is 0 Å². The molecule has 2 heteroatoms. The van der Waals surface area contributed by atoms with Crippen LogP contribution in [0.25, 0.3) is 0 Å². The van der Waals surface area contributed by atoms with Gasteiger partial charge in [0.25, 0.3) is 0 Å². The number of thioether (sulfide) groups is 1. The Balaban J connectivity index is 1.77. The van der Waals surface area contributed by atoms with Crippen LogP contribution in [-0.2, 0) is 0 Å². The predicted octanol–water partition coefficient (Wildman–Crippen LogP) is 2.54. The maximum atomic E-state index is 6.22. The Hall–Kier alpha value is 0.310. The molecule has 0 bridgehead atoms. The molecule has 1 aliphatic carbocycles. The molecule has 70 valence electrons. The van der Waals surface area contributed by atoms with Gasteiger partial charge in [0.2, 0.25) is 0 Å². The van der Waals surface area contributed by atoms with Crippen molar-refractivity contribution in [1.82, 2.24) is 0 Å². The highest BCUT2D eigenvalue weighted by Crippen LogP contribution is 2.38. The largest absolute Gasteiger partial charge is 0.325 e. The Kier molecular flexibility index (Phi) is 2.66. The Morgan fingerprint density at radius 2 is 2.08 bits per heavy atom. The van der Waals surface area contributed by atoms with E-state index in [1.54, 1.807) is 0 Å². The average Bonchev–Trinajstić information content (AvgIpc) is 2.04. The SMILES string of the molecule is NC1(CC2CCCCS2)CCC1. The lowest BCUT2D eigenvalue weighted by Gasteiger charge is -2.41. The Morgan fingerprint density at radius 3 is 2.58 bits per heavy atom. The Bertz CT molecular complexity index is 148. The molecule has 0 amide bonds. The minimum Gasteiger partial charge on any atom is -0.325 e. The van der Waals surface area contributed by atoms with Crippen LogP contribution in [-0.4, -0.2) is 16.5 Å². The Morgan fingerprint density at radius 1 is 1.25 bits per heavy atom.